The van der Waals surface area contributed by atoms with Crippen LogP contribution in [0.2, 0.25) is 0 Å². The highest BCUT2D eigenvalue weighted by Crippen LogP contribution is 2.46. The number of nitrogens with one attached hydrogen (secondary N) is 1. The molecule has 4 nitrogen and oxygen atoms in total. The number of hydrogen-bond acceptors (Lipinski definition) is 3. The predicted octanol–water partition coefficient (Wildman–Crippen LogP) is 6.23. The Balaban J connectivity index is 1.44. The number of alkyl halides is 3. The molecule has 0 spiro atoms. The summed E-state index contributed by atoms with van der Waals surface area (Å²) in [5.41, 5.74) is 1.27. The maximum atomic E-state index is 13.2. The van der Waals surface area contributed by atoms with E-state index in [1.165, 1.54) is 11.8 Å². The number of anilines is 2. The van der Waals surface area contributed by atoms with E-state index in [2.05, 4.69) is 5.32 Å². The van der Waals surface area contributed by atoms with Crippen LogP contribution >= 0.6 is 11.8 Å². The topological polar surface area (TPSA) is 49.4 Å². The van der Waals surface area contributed by atoms with Gasteiger partial charge in [-0.2, -0.15) is 13.2 Å². The van der Waals surface area contributed by atoms with E-state index >= 15 is 0 Å². The van der Waals surface area contributed by atoms with Crippen LogP contribution in [0.5, 0.6) is 0 Å². The standard InChI is InChI=1S/C24H17F3N2O2S/c25-24(26,27)15-7-5-14(6-8-15)22(30)28-16-9-12-19-21(13-16)32-20-4-2-1-3-18(20)23(31)29(19)17-10-11-17/h1-9,12-13,17H,10-11H2,(H,28,30). The molecule has 0 bridgehead atoms. The van der Waals surface area contributed by atoms with Gasteiger partial charge in [0.1, 0.15) is 0 Å². The Morgan fingerprint density at radius 3 is 2.38 bits per heavy atom. The van der Waals surface area contributed by atoms with Crippen molar-refractivity contribution in [2.45, 2.75) is 34.9 Å². The van der Waals surface area contributed by atoms with Gasteiger partial charge in [-0.25, -0.2) is 0 Å². The molecule has 0 radical (unpaired) electrons. The molecular formula is C24H17F3N2O2S. The van der Waals surface area contributed by atoms with Gasteiger partial charge in [0.15, 0.2) is 0 Å². The summed E-state index contributed by atoms with van der Waals surface area (Å²) in [5.74, 6) is -0.538. The molecule has 5 rings (SSSR count). The van der Waals surface area contributed by atoms with Crippen molar-refractivity contribution in [1.29, 1.82) is 0 Å². The highest BCUT2D eigenvalue weighted by Gasteiger charge is 2.38. The second kappa shape index (κ2) is 7.70. The first-order valence-electron chi connectivity index (χ1n) is 10.0. The van der Waals surface area contributed by atoms with Crippen molar-refractivity contribution in [1.82, 2.24) is 0 Å². The first-order valence-corrected chi connectivity index (χ1v) is 10.9. The third-order valence-electron chi connectivity index (χ3n) is 5.42. The Hall–Kier alpha value is -3.26. The van der Waals surface area contributed by atoms with Crippen molar-refractivity contribution in [3.63, 3.8) is 0 Å². The van der Waals surface area contributed by atoms with E-state index < -0.39 is 17.6 Å². The Kier molecular flexibility index (Phi) is 4.97. The minimum atomic E-state index is -4.45. The maximum absolute atomic E-state index is 13.2. The Morgan fingerprint density at radius 2 is 1.69 bits per heavy atom. The minimum Gasteiger partial charge on any atom is -0.322 e. The SMILES string of the molecule is O=C(Nc1ccc2c(c1)Sc1ccccc1C(=O)N2C1CC1)c1ccc(C(F)(F)F)cc1. The molecule has 1 N–H and O–H groups in total. The lowest BCUT2D eigenvalue weighted by atomic mass is 10.1. The number of benzene rings is 3. The lowest BCUT2D eigenvalue weighted by Crippen LogP contribution is -2.32. The summed E-state index contributed by atoms with van der Waals surface area (Å²) in [5, 5.41) is 2.74. The number of hydrogen-bond donors (Lipinski definition) is 1. The fraction of sp³-hybridized carbons (Fsp3) is 0.167. The predicted molar refractivity (Wildman–Crippen MR) is 116 cm³/mol. The lowest BCUT2D eigenvalue weighted by Gasteiger charge is -2.23. The van der Waals surface area contributed by atoms with E-state index in [1.807, 2.05) is 35.2 Å². The third kappa shape index (κ3) is 3.86. The molecule has 1 saturated carbocycles. The number of carbonyl (C=O) groups is 2. The zero-order chi connectivity index (χ0) is 22.5. The number of nitrogens with zero attached hydrogens (tertiary/aromatic N) is 1. The average Bonchev–Trinajstić information content (AvgIpc) is 3.60. The average molecular weight is 454 g/mol. The van der Waals surface area contributed by atoms with Crippen LogP contribution in [0.25, 0.3) is 0 Å². The van der Waals surface area contributed by atoms with Gasteiger partial charge in [0.25, 0.3) is 11.8 Å². The van der Waals surface area contributed by atoms with Gasteiger partial charge in [-0.05, 0) is 67.4 Å². The van der Waals surface area contributed by atoms with Crippen molar-refractivity contribution in [2.24, 2.45) is 0 Å². The van der Waals surface area contributed by atoms with Gasteiger partial charge in [0, 0.05) is 27.1 Å². The molecule has 0 unspecified atom stereocenters. The first-order chi connectivity index (χ1) is 15.3. The molecule has 0 saturated heterocycles. The van der Waals surface area contributed by atoms with Gasteiger partial charge in [-0.1, -0.05) is 23.9 Å². The first kappa shape index (κ1) is 20.6. The zero-order valence-electron chi connectivity index (χ0n) is 16.6. The third-order valence-corrected chi connectivity index (χ3v) is 6.54. The van der Waals surface area contributed by atoms with Crippen LogP contribution in [-0.4, -0.2) is 17.9 Å². The number of fused-ring (bicyclic) bond motifs is 2. The summed E-state index contributed by atoms with van der Waals surface area (Å²) in [7, 11) is 0. The quantitative estimate of drug-likeness (QED) is 0.510. The summed E-state index contributed by atoms with van der Waals surface area (Å²) in [4.78, 5) is 29.3. The van der Waals surface area contributed by atoms with Crippen LogP contribution in [0.1, 0.15) is 39.1 Å². The highest BCUT2D eigenvalue weighted by atomic mass is 32.2. The molecule has 162 valence electrons. The summed E-state index contributed by atoms with van der Waals surface area (Å²) in [6.45, 7) is 0. The van der Waals surface area contributed by atoms with Crippen molar-refractivity contribution >= 4 is 35.0 Å². The van der Waals surface area contributed by atoms with E-state index in [-0.39, 0.29) is 17.5 Å². The lowest BCUT2D eigenvalue weighted by molar-refractivity contribution is -0.137. The van der Waals surface area contributed by atoms with Crippen LogP contribution in [0.15, 0.2) is 76.5 Å². The Bertz CT molecular complexity index is 1220. The van der Waals surface area contributed by atoms with E-state index in [0.717, 1.165) is 52.6 Å². The summed E-state index contributed by atoms with van der Waals surface area (Å²) >= 11 is 1.46. The van der Waals surface area contributed by atoms with Crippen LogP contribution in [0.4, 0.5) is 24.5 Å². The van der Waals surface area contributed by atoms with Crippen molar-refractivity contribution in [2.75, 3.05) is 10.2 Å². The summed E-state index contributed by atoms with van der Waals surface area (Å²) in [6, 6.07) is 17.0. The molecule has 2 amide bonds. The summed E-state index contributed by atoms with van der Waals surface area (Å²) < 4.78 is 38.3. The van der Waals surface area contributed by atoms with Crippen LogP contribution in [0.3, 0.4) is 0 Å². The smallest absolute Gasteiger partial charge is 0.322 e. The molecule has 32 heavy (non-hydrogen) atoms. The molecule has 0 atom stereocenters. The number of carbonyl (C=O) groups excluding carboxylic acids is 2. The molecular weight excluding hydrogens is 437 g/mol. The van der Waals surface area contributed by atoms with E-state index in [9.17, 15) is 22.8 Å². The highest BCUT2D eigenvalue weighted by molar-refractivity contribution is 7.99. The van der Waals surface area contributed by atoms with Gasteiger partial charge in [-0.3, -0.25) is 9.59 Å². The van der Waals surface area contributed by atoms with Crippen molar-refractivity contribution < 1.29 is 22.8 Å². The molecule has 8 heteroatoms. The van der Waals surface area contributed by atoms with E-state index in [0.29, 0.717) is 11.3 Å². The van der Waals surface area contributed by atoms with Gasteiger partial charge in [-0.15, -0.1) is 0 Å². The second-order valence-corrected chi connectivity index (χ2v) is 8.80. The zero-order valence-corrected chi connectivity index (χ0v) is 17.5. The van der Waals surface area contributed by atoms with Gasteiger partial charge in [0.05, 0.1) is 16.8 Å². The molecule has 3 aromatic rings. The molecule has 1 aliphatic carbocycles. The Labute approximate surface area is 186 Å². The van der Waals surface area contributed by atoms with Crippen LogP contribution in [-0.2, 0) is 6.18 Å². The molecule has 3 aromatic carbocycles. The molecule has 1 aliphatic heterocycles. The van der Waals surface area contributed by atoms with Crippen LogP contribution in [0, 0.1) is 0 Å². The number of halogens is 3. The van der Waals surface area contributed by atoms with Crippen molar-refractivity contribution in [3.05, 3.63) is 83.4 Å². The maximum Gasteiger partial charge on any atom is 0.416 e. The fourth-order valence-electron chi connectivity index (χ4n) is 3.67. The molecule has 0 aromatic heterocycles. The normalized spacial score (nSPS) is 15.6. The monoisotopic (exact) mass is 454 g/mol. The number of rotatable bonds is 3. The van der Waals surface area contributed by atoms with E-state index in [1.54, 1.807) is 12.1 Å². The molecule has 1 fully saturated rings. The van der Waals surface area contributed by atoms with Crippen molar-refractivity contribution in [3.8, 4) is 0 Å². The van der Waals surface area contributed by atoms with Gasteiger partial charge in [0.2, 0.25) is 0 Å². The molecule has 1 heterocycles. The van der Waals surface area contributed by atoms with Gasteiger partial charge < -0.3 is 10.2 Å². The fourth-order valence-corrected chi connectivity index (χ4v) is 4.78. The summed E-state index contributed by atoms with van der Waals surface area (Å²) in [6.07, 6.45) is -2.56. The van der Waals surface area contributed by atoms with Gasteiger partial charge >= 0.3 is 6.18 Å². The second-order valence-electron chi connectivity index (χ2n) is 7.72. The van der Waals surface area contributed by atoms with Crippen LogP contribution < -0.4 is 10.2 Å². The van der Waals surface area contributed by atoms with E-state index in [4.69, 9.17) is 0 Å². The Morgan fingerprint density at radius 1 is 0.969 bits per heavy atom. The minimum absolute atomic E-state index is 0.0316. The number of amides is 2. The molecule has 2 aliphatic rings. The largest absolute Gasteiger partial charge is 0.416 e.